The van der Waals surface area contributed by atoms with Crippen LogP contribution in [0.2, 0.25) is 0 Å². The van der Waals surface area contributed by atoms with Gasteiger partial charge in [-0.2, -0.15) is 0 Å². The predicted molar refractivity (Wildman–Crippen MR) is 63.6 cm³/mol. The highest BCUT2D eigenvalue weighted by Crippen LogP contribution is 2.30. The van der Waals surface area contributed by atoms with Crippen LogP contribution in [0.5, 0.6) is 0 Å². The number of likely N-dealkylation sites (tertiary alicyclic amines) is 1. The molecule has 1 saturated heterocycles. The lowest BCUT2D eigenvalue weighted by Gasteiger charge is -2.38. The fourth-order valence-electron chi connectivity index (χ4n) is 2.48. The van der Waals surface area contributed by atoms with Gasteiger partial charge in [-0.3, -0.25) is 4.90 Å². The largest absolute Gasteiger partial charge is 0.328 e. The van der Waals surface area contributed by atoms with Crippen LogP contribution in [0.4, 0.5) is 4.39 Å². The van der Waals surface area contributed by atoms with Crippen molar-refractivity contribution in [2.24, 2.45) is 5.73 Å². The number of halogens is 1. The summed E-state index contributed by atoms with van der Waals surface area (Å²) in [5.41, 5.74) is 7.05. The summed E-state index contributed by atoms with van der Waals surface area (Å²) in [5.74, 6) is -0.160. The van der Waals surface area contributed by atoms with Gasteiger partial charge in [0.1, 0.15) is 5.82 Å². The van der Waals surface area contributed by atoms with Gasteiger partial charge in [-0.05, 0) is 37.1 Å². The second-order valence-electron chi connectivity index (χ2n) is 4.48. The maximum absolute atomic E-state index is 13.2. The van der Waals surface area contributed by atoms with Crippen molar-refractivity contribution in [3.8, 4) is 0 Å². The van der Waals surface area contributed by atoms with Crippen LogP contribution in [0, 0.1) is 5.82 Å². The first-order valence-corrected chi connectivity index (χ1v) is 5.95. The summed E-state index contributed by atoms with van der Waals surface area (Å²) < 4.78 is 13.2. The highest BCUT2D eigenvalue weighted by Gasteiger charge is 2.26. The molecule has 2 rings (SSSR count). The van der Waals surface area contributed by atoms with Crippen molar-refractivity contribution in [3.05, 3.63) is 35.6 Å². The van der Waals surface area contributed by atoms with Gasteiger partial charge >= 0.3 is 0 Å². The molecule has 3 heteroatoms. The number of benzene rings is 1. The Kier molecular flexibility index (Phi) is 3.56. The molecular weight excluding hydrogens is 203 g/mol. The molecule has 88 valence electrons. The van der Waals surface area contributed by atoms with Gasteiger partial charge in [-0.1, -0.05) is 19.1 Å². The molecule has 0 aliphatic carbocycles. The Morgan fingerprint density at radius 1 is 1.50 bits per heavy atom. The predicted octanol–water partition coefficient (Wildman–Crippen LogP) is 2.31. The minimum atomic E-state index is -0.160. The first-order chi connectivity index (χ1) is 7.70. The lowest BCUT2D eigenvalue weighted by molar-refractivity contribution is 0.143. The van der Waals surface area contributed by atoms with Crippen molar-refractivity contribution in [2.45, 2.75) is 31.8 Å². The minimum absolute atomic E-state index is 0.160. The molecule has 2 nitrogen and oxygen atoms in total. The Balaban J connectivity index is 2.22. The van der Waals surface area contributed by atoms with Gasteiger partial charge in [0, 0.05) is 18.6 Å². The SMILES string of the molecule is CCN1CCC(N)CC1c1cccc(F)c1. The van der Waals surface area contributed by atoms with Gasteiger partial charge in [-0.15, -0.1) is 0 Å². The summed E-state index contributed by atoms with van der Waals surface area (Å²) in [7, 11) is 0. The second kappa shape index (κ2) is 4.93. The molecule has 0 radical (unpaired) electrons. The lowest BCUT2D eigenvalue weighted by atomic mass is 9.92. The normalized spacial score (nSPS) is 26.9. The van der Waals surface area contributed by atoms with Crippen molar-refractivity contribution < 1.29 is 4.39 Å². The molecule has 1 fully saturated rings. The molecule has 16 heavy (non-hydrogen) atoms. The molecule has 1 heterocycles. The van der Waals surface area contributed by atoms with E-state index in [1.54, 1.807) is 12.1 Å². The molecule has 0 amide bonds. The average Bonchev–Trinajstić information content (AvgIpc) is 2.29. The molecule has 1 aliphatic heterocycles. The van der Waals surface area contributed by atoms with Gasteiger partial charge in [0.05, 0.1) is 0 Å². The molecule has 1 aromatic carbocycles. The van der Waals surface area contributed by atoms with Crippen LogP contribution < -0.4 is 5.73 Å². The van der Waals surface area contributed by atoms with Gasteiger partial charge in [0.2, 0.25) is 0 Å². The molecule has 0 bridgehead atoms. The number of piperidine rings is 1. The van der Waals surface area contributed by atoms with Crippen LogP contribution in [0.1, 0.15) is 31.4 Å². The zero-order valence-electron chi connectivity index (χ0n) is 9.70. The summed E-state index contributed by atoms with van der Waals surface area (Å²) >= 11 is 0. The van der Waals surface area contributed by atoms with Crippen LogP contribution in [-0.2, 0) is 0 Å². The van der Waals surface area contributed by atoms with Crippen LogP contribution in [0.15, 0.2) is 24.3 Å². The van der Waals surface area contributed by atoms with Gasteiger partial charge in [0.25, 0.3) is 0 Å². The van der Waals surface area contributed by atoms with E-state index in [0.29, 0.717) is 0 Å². The van der Waals surface area contributed by atoms with E-state index in [4.69, 9.17) is 5.73 Å². The number of rotatable bonds is 2. The molecule has 0 saturated carbocycles. The molecule has 1 aliphatic rings. The van der Waals surface area contributed by atoms with Crippen LogP contribution in [-0.4, -0.2) is 24.0 Å². The van der Waals surface area contributed by atoms with E-state index in [-0.39, 0.29) is 17.9 Å². The standard InChI is InChI=1S/C13H19FN2/c1-2-16-7-6-12(15)9-13(16)10-4-3-5-11(14)8-10/h3-5,8,12-13H,2,6-7,9,15H2,1H3. The van der Waals surface area contributed by atoms with E-state index in [1.807, 2.05) is 6.07 Å². The van der Waals surface area contributed by atoms with Gasteiger partial charge in [0.15, 0.2) is 0 Å². The van der Waals surface area contributed by atoms with Gasteiger partial charge < -0.3 is 5.73 Å². The van der Waals surface area contributed by atoms with Crippen molar-refractivity contribution >= 4 is 0 Å². The summed E-state index contributed by atoms with van der Waals surface area (Å²) in [5, 5.41) is 0. The fraction of sp³-hybridized carbons (Fsp3) is 0.538. The smallest absolute Gasteiger partial charge is 0.123 e. The quantitative estimate of drug-likeness (QED) is 0.832. The van der Waals surface area contributed by atoms with Crippen LogP contribution >= 0.6 is 0 Å². The Morgan fingerprint density at radius 3 is 3.00 bits per heavy atom. The van der Waals surface area contributed by atoms with Gasteiger partial charge in [-0.25, -0.2) is 4.39 Å². The minimum Gasteiger partial charge on any atom is -0.328 e. The summed E-state index contributed by atoms with van der Waals surface area (Å²) in [6.07, 6.45) is 1.97. The number of hydrogen-bond acceptors (Lipinski definition) is 2. The van der Waals surface area contributed by atoms with Crippen molar-refractivity contribution in [1.82, 2.24) is 4.90 Å². The monoisotopic (exact) mass is 222 g/mol. The highest BCUT2D eigenvalue weighted by atomic mass is 19.1. The molecule has 0 spiro atoms. The average molecular weight is 222 g/mol. The molecule has 2 atom stereocenters. The molecule has 2 N–H and O–H groups in total. The zero-order chi connectivity index (χ0) is 11.5. The number of nitrogens with two attached hydrogens (primary N) is 1. The fourth-order valence-corrected chi connectivity index (χ4v) is 2.48. The van der Waals surface area contributed by atoms with E-state index in [9.17, 15) is 4.39 Å². The Bertz CT molecular complexity index is 354. The molecule has 2 unspecified atom stereocenters. The van der Waals surface area contributed by atoms with E-state index in [1.165, 1.54) is 6.07 Å². The Labute approximate surface area is 96.2 Å². The summed E-state index contributed by atoms with van der Waals surface area (Å²) in [6.45, 7) is 4.15. The third kappa shape index (κ3) is 2.42. The molecule has 0 aromatic heterocycles. The topological polar surface area (TPSA) is 29.3 Å². The first kappa shape index (κ1) is 11.6. The van der Waals surface area contributed by atoms with Crippen LogP contribution in [0.25, 0.3) is 0 Å². The Hall–Kier alpha value is -0.930. The molecular formula is C13H19FN2. The van der Waals surface area contributed by atoms with E-state index in [2.05, 4.69) is 11.8 Å². The zero-order valence-corrected chi connectivity index (χ0v) is 9.70. The second-order valence-corrected chi connectivity index (χ2v) is 4.48. The van der Waals surface area contributed by atoms with E-state index >= 15 is 0 Å². The molecule has 1 aromatic rings. The number of hydrogen-bond donors (Lipinski definition) is 1. The van der Waals surface area contributed by atoms with Crippen molar-refractivity contribution in [2.75, 3.05) is 13.1 Å². The maximum Gasteiger partial charge on any atom is 0.123 e. The lowest BCUT2D eigenvalue weighted by Crippen LogP contribution is -2.41. The summed E-state index contributed by atoms with van der Waals surface area (Å²) in [6, 6.07) is 7.42. The maximum atomic E-state index is 13.2. The van der Waals surface area contributed by atoms with E-state index in [0.717, 1.165) is 31.5 Å². The first-order valence-electron chi connectivity index (χ1n) is 5.95. The van der Waals surface area contributed by atoms with Crippen molar-refractivity contribution in [1.29, 1.82) is 0 Å². The Morgan fingerprint density at radius 2 is 2.31 bits per heavy atom. The number of nitrogens with zero attached hydrogens (tertiary/aromatic N) is 1. The summed E-state index contributed by atoms with van der Waals surface area (Å²) in [4.78, 5) is 2.37. The van der Waals surface area contributed by atoms with Crippen LogP contribution in [0.3, 0.4) is 0 Å². The third-order valence-electron chi connectivity index (χ3n) is 3.39. The highest BCUT2D eigenvalue weighted by molar-refractivity contribution is 5.21. The van der Waals surface area contributed by atoms with E-state index < -0.39 is 0 Å². The van der Waals surface area contributed by atoms with Crippen molar-refractivity contribution in [3.63, 3.8) is 0 Å². The third-order valence-corrected chi connectivity index (χ3v) is 3.39.